The summed E-state index contributed by atoms with van der Waals surface area (Å²) in [6, 6.07) is 14.8. The Labute approximate surface area is 210 Å². The first-order valence-corrected chi connectivity index (χ1v) is 12.6. The molecule has 0 saturated carbocycles. The molecule has 2 aliphatic rings. The van der Waals surface area contributed by atoms with Crippen molar-refractivity contribution in [2.45, 2.75) is 51.0 Å². The quantitative estimate of drug-likeness (QED) is 0.424. The van der Waals surface area contributed by atoms with E-state index >= 15 is 0 Å². The lowest BCUT2D eigenvalue weighted by molar-refractivity contribution is -0.114. The van der Waals surface area contributed by atoms with Gasteiger partial charge in [0, 0.05) is 47.0 Å². The van der Waals surface area contributed by atoms with Gasteiger partial charge < -0.3 is 25.0 Å². The number of alkyl carbamates (subject to hydrolysis) is 1. The summed E-state index contributed by atoms with van der Waals surface area (Å²) in [5, 5.41) is 5.55. The maximum Gasteiger partial charge on any atom is 0.407 e. The first kappa shape index (κ1) is 25.0. The minimum atomic E-state index is -0.613. The van der Waals surface area contributed by atoms with E-state index in [-0.39, 0.29) is 17.9 Å². The van der Waals surface area contributed by atoms with E-state index in [0.29, 0.717) is 13.2 Å². The molecule has 4 rings (SSSR count). The second kappa shape index (κ2) is 10.3. The third-order valence-electron chi connectivity index (χ3n) is 6.69. The second-order valence-electron chi connectivity index (χ2n) is 9.42. The van der Waals surface area contributed by atoms with Crippen LogP contribution in [-0.2, 0) is 26.3 Å². The average molecular weight is 491 g/mol. The van der Waals surface area contributed by atoms with Crippen molar-refractivity contribution in [2.24, 2.45) is 0 Å². The van der Waals surface area contributed by atoms with E-state index in [0.717, 1.165) is 41.5 Å². The molecule has 2 aromatic rings. The summed E-state index contributed by atoms with van der Waals surface area (Å²) in [5.41, 5.74) is 4.14. The van der Waals surface area contributed by atoms with Crippen LogP contribution in [0.1, 0.15) is 43.9 Å². The number of nitrogens with zero attached hydrogens (tertiary/aromatic N) is 1. The number of anilines is 2. The number of nitrogens with one attached hydrogen (secondary N) is 2. The van der Waals surface area contributed by atoms with Crippen LogP contribution in [-0.4, -0.2) is 47.7 Å². The Bertz CT molecular complexity index is 1120. The summed E-state index contributed by atoms with van der Waals surface area (Å²) >= 11 is 0. The van der Waals surface area contributed by atoms with E-state index in [1.165, 1.54) is 12.5 Å². The topological polar surface area (TPSA) is 79.9 Å². The van der Waals surface area contributed by atoms with Gasteiger partial charge in [-0.15, -0.1) is 0 Å². The van der Waals surface area contributed by atoms with Crippen molar-refractivity contribution in [1.82, 2.24) is 5.32 Å². The molecule has 0 aromatic heterocycles. The summed E-state index contributed by atoms with van der Waals surface area (Å²) in [6.45, 7) is 8.10. The van der Waals surface area contributed by atoms with Gasteiger partial charge in [-0.25, -0.2) is 4.79 Å². The molecule has 0 bridgehead atoms. The number of carbonyl (C=O) groups excluding carboxylic acids is 2. The molecule has 1 saturated heterocycles. The fraction of sp³-hybridized carbons (Fsp3) is 0.407. The van der Waals surface area contributed by atoms with Crippen LogP contribution in [0.5, 0.6) is 0 Å². The van der Waals surface area contributed by atoms with Gasteiger partial charge in [0.2, 0.25) is 5.91 Å². The monoisotopic (exact) mass is 490 g/mol. The highest BCUT2D eigenvalue weighted by atomic mass is 28.1. The number of rotatable bonds is 8. The van der Waals surface area contributed by atoms with Gasteiger partial charge in [0.05, 0.1) is 6.61 Å². The minimum Gasteiger partial charge on any atom is -0.445 e. The fourth-order valence-electron chi connectivity index (χ4n) is 4.88. The normalized spacial score (nSPS) is 19.9. The lowest BCUT2D eigenvalue weighted by Gasteiger charge is -2.39. The molecule has 2 aliphatic heterocycles. The van der Waals surface area contributed by atoms with Gasteiger partial charge in [0.15, 0.2) is 5.72 Å². The van der Waals surface area contributed by atoms with Gasteiger partial charge in [-0.1, -0.05) is 50.2 Å². The number of hydrogen-bond donors (Lipinski definition) is 2. The molecule has 8 heteroatoms. The van der Waals surface area contributed by atoms with E-state index in [2.05, 4.69) is 63.9 Å². The number of carbonyl (C=O) groups is 2. The molecule has 2 amide bonds. The Morgan fingerprint density at radius 1 is 1.20 bits per heavy atom. The predicted molar refractivity (Wildman–Crippen MR) is 139 cm³/mol. The average Bonchev–Trinajstić information content (AvgIpc) is 3.34. The van der Waals surface area contributed by atoms with Gasteiger partial charge in [-0.05, 0) is 47.4 Å². The highest BCUT2D eigenvalue weighted by Crippen LogP contribution is 2.55. The zero-order chi connectivity index (χ0) is 25.1. The molecular formula is C27H32N3O4Si. The molecule has 2 aromatic carbocycles. The van der Waals surface area contributed by atoms with Gasteiger partial charge in [-0.2, -0.15) is 0 Å². The minimum absolute atomic E-state index is 0.0902. The third kappa shape index (κ3) is 4.99. The van der Waals surface area contributed by atoms with Crippen LogP contribution in [0.4, 0.5) is 16.2 Å². The Morgan fingerprint density at radius 3 is 2.69 bits per heavy atom. The smallest absolute Gasteiger partial charge is 0.407 e. The Morgan fingerprint density at radius 2 is 1.97 bits per heavy atom. The Hall–Kier alpha value is -3.10. The number of benzene rings is 2. The number of hydrogen-bond acceptors (Lipinski definition) is 5. The van der Waals surface area contributed by atoms with Crippen LogP contribution >= 0.6 is 0 Å². The van der Waals surface area contributed by atoms with Gasteiger partial charge in [0.1, 0.15) is 6.61 Å². The van der Waals surface area contributed by atoms with Gasteiger partial charge in [0.25, 0.3) is 0 Å². The number of amides is 2. The Balaban J connectivity index is 1.53. The largest absolute Gasteiger partial charge is 0.445 e. The van der Waals surface area contributed by atoms with Crippen LogP contribution in [0.2, 0.25) is 6.04 Å². The summed E-state index contributed by atoms with van der Waals surface area (Å²) in [6.07, 6.45) is 4.66. The first-order valence-electron chi connectivity index (χ1n) is 11.9. The molecule has 2 heterocycles. The Kier molecular flexibility index (Phi) is 7.33. The lowest BCUT2D eigenvalue weighted by atomic mass is 9.77. The molecule has 2 N–H and O–H groups in total. The molecule has 7 nitrogen and oxygen atoms in total. The molecule has 1 unspecified atom stereocenters. The summed E-state index contributed by atoms with van der Waals surface area (Å²) in [5.74, 6) is -0.0902. The number of fused-ring (bicyclic) bond motifs is 3. The fourth-order valence-corrected chi connectivity index (χ4v) is 5.06. The molecular weight excluding hydrogens is 458 g/mol. The maximum absolute atomic E-state index is 11.9. The molecule has 0 aliphatic carbocycles. The molecule has 3 radical (unpaired) electrons. The van der Waals surface area contributed by atoms with Gasteiger partial charge in [-0.3, -0.25) is 4.79 Å². The highest BCUT2D eigenvalue weighted by molar-refractivity contribution is 6.08. The van der Waals surface area contributed by atoms with E-state index in [1.807, 2.05) is 30.3 Å². The SMILES string of the molecule is CC(=O)Nc1ccc(/C=C/C23OCCN2c2cc(COC(=O)NCCC[Si])ccc2C3(C)C)cc1. The van der Waals surface area contributed by atoms with Crippen molar-refractivity contribution in [1.29, 1.82) is 0 Å². The van der Waals surface area contributed by atoms with Crippen molar-refractivity contribution >= 4 is 39.7 Å². The standard InChI is InChI=1S/C27H32N3O4Si/c1-19(31)29-22-8-5-20(6-9-22)11-12-27-26(2,3)23-10-7-21(17-24(23)30(27)14-15-34-27)18-33-25(32)28-13-4-16-35/h5-12,17H,4,13-16,18H2,1-3H3,(H,28,32)(H,29,31)/b12-11+. The maximum atomic E-state index is 11.9. The molecule has 1 atom stereocenters. The van der Waals surface area contributed by atoms with Crippen LogP contribution < -0.4 is 15.5 Å². The van der Waals surface area contributed by atoms with Crippen molar-refractivity contribution in [2.75, 3.05) is 29.9 Å². The summed E-state index contributed by atoms with van der Waals surface area (Å²) in [4.78, 5) is 25.5. The predicted octanol–water partition coefficient (Wildman–Crippen LogP) is 4.39. The van der Waals surface area contributed by atoms with E-state index < -0.39 is 11.8 Å². The molecule has 1 fully saturated rings. The van der Waals surface area contributed by atoms with Crippen LogP contribution in [0, 0.1) is 0 Å². The lowest BCUT2D eigenvalue weighted by Crippen LogP contribution is -2.51. The third-order valence-corrected chi connectivity index (χ3v) is 7.04. The van der Waals surface area contributed by atoms with Crippen molar-refractivity contribution in [3.63, 3.8) is 0 Å². The van der Waals surface area contributed by atoms with Crippen molar-refractivity contribution in [3.05, 3.63) is 65.2 Å². The summed E-state index contributed by atoms with van der Waals surface area (Å²) < 4.78 is 11.8. The van der Waals surface area contributed by atoms with Crippen molar-refractivity contribution in [3.8, 4) is 0 Å². The first-order chi connectivity index (χ1) is 16.8. The second-order valence-corrected chi connectivity index (χ2v) is 9.92. The van der Waals surface area contributed by atoms with E-state index in [4.69, 9.17) is 9.47 Å². The molecule has 183 valence electrons. The van der Waals surface area contributed by atoms with Crippen molar-refractivity contribution < 1.29 is 19.1 Å². The number of ether oxygens (including phenoxy) is 2. The molecule has 35 heavy (non-hydrogen) atoms. The van der Waals surface area contributed by atoms with Gasteiger partial charge >= 0.3 is 6.09 Å². The van der Waals surface area contributed by atoms with Crippen LogP contribution in [0.25, 0.3) is 6.08 Å². The zero-order valence-electron chi connectivity index (χ0n) is 20.5. The zero-order valence-corrected chi connectivity index (χ0v) is 21.5. The van der Waals surface area contributed by atoms with Crippen LogP contribution in [0.15, 0.2) is 48.5 Å². The van der Waals surface area contributed by atoms with E-state index in [1.54, 1.807) is 0 Å². The van der Waals surface area contributed by atoms with E-state index in [9.17, 15) is 9.59 Å². The summed E-state index contributed by atoms with van der Waals surface area (Å²) in [7, 11) is 3.40. The molecule has 0 spiro atoms. The van der Waals surface area contributed by atoms with Crippen LogP contribution in [0.3, 0.4) is 0 Å². The highest BCUT2D eigenvalue weighted by Gasteiger charge is 2.59.